The van der Waals surface area contributed by atoms with Crippen molar-refractivity contribution >= 4 is 11.0 Å². The van der Waals surface area contributed by atoms with Crippen molar-refractivity contribution in [2.75, 3.05) is 0 Å². The summed E-state index contributed by atoms with van der Waals surface area (Å²) in [4.78, 5) is 10.3. The van der Waals surface area contributed by atoms with Gasteiger partial charge in [0.25, 0.3) is 0 Å². The zero-order chi connectivity index (χ0) is 42.7. The van der Waals surface area contributed by atoms with Crippen LogP contribution in [0.1, 0.15) is 73.8 Å². The van der Waals surface area contributed by atoms with Crippen LogP contribution < -0.4 is 0 Å². The van der Waals surface area contributed by atoms with Crippen molar-refractivity contribution in [3.8, 4) is 67.5 Å². The molecule has 0 aliphatic rings. The van der Waals surface area contributed by atoms with Gasteiger partial charge in [-0.2, -0.15) is 0 Å². The van der Waals surface area contributed by atoms with Crippen LogP contribution in [0.15, 0.2) is 140 Å². The highest BCUT2D eigenvalue weighted by Gasteiger charge is 2.24. The number of rotatable bonds is 7. The molecule has 6 aromatic carbocycles. The van der Waals surface area contributed by atoms with Crippen molar-refractivity contribution in [1.29, 1.82) is 0 Å². The molecule has 0 radical (unpaired) electrons. The minimum absolute atomic E-state index is 0.176. The summed E-state index contributed by atoms with van der Waals surface area (Å²) in [5, 5.41) is 11.7. The molecule has 4 nitrogen and oxygen atoms in total. The largest absolute Gasteiger partial charge is 0.507 e. The Morgan fingerprint density at radius 3 is 2.14 bits per heavy atom. The third-order valence-corrected chi connectivity index (χ3v) is 10.6. The maximum atomic E-state index is 11.7. The van der Waals surface area contributed by atoms with Gasteiger partial charge in [0.05, 0.1) is 22.3 Å². The molecular formula is C52H49N3O. The molecule has 0 aliphatic heterocycles. The number of aryl methyl sites for hydroxylation is 3. The molecule has 0 fully saturated rings. The Kier molecular flexibility index (Phi) is 8.25. The molecule has 8 aromatic rings. The predicted molar refractivity (Wildman–Crippen MR) is 235 cm³/mol. The molecule has 2 aromatic heterocycles. The van der Waals surface area contributed by atoms with E-state index in [9.17, 15) is 5.11 Å². The van der Waals surface area contributed by atoms with Crippen LogP contribution in [-0.4, -0.2) is 19.6 Å². The average Bonchev–Trinajstić information content (AvgIpc) is 3.61. The van der Waals surface area contributed by atoms with Gasteiger partial charge < -0.3 is 5.11 Å². The summed E-state index contributed by atoms with van der Waals surface area (Å²) in [5.41, 5.74) is 14.5. The van der Waals surface area contributed by atoms with E-state index in [0.717, 1.165) is 83.6 Å². The van der Waals surface area contributed by atoms with Gasteiger partial charge in [-0.15, -0.1) is 0 Å². The number of aromatic nitrogens is 3. The second-order valence-electron chi connectivity index (χ2n) is 16.1. The van der Waals surface area contributed by atoms with E-state index in [1.54, 1.807) is 18.3 Å². The number of para-hydroxylation sites is 1. The van der Waals surface area contributed by atoms with Gasteiger partial charge in [0, 0.05) is 28.5 Å². The van der Waals surface area contributed by atoms with E-state index >= 15 is 0 Å². The molecule has 8 rings (SSSR count). The van der Waals surface area contributed by atoms with Crippen LogP contribution in [0.2, 0.25) is 0 Å². The summed E-state index contributed by atoms with van der Waals surface area (Å²) in [6.07, 6.45) is 1.80. The normalized spacial score (nSPS) is 13.3. The minimum Gasteiger partial charge on any atom is -0.507 e. The fraction of sp³-hybridized carbons (Fsp3) is 0.192. The van der Waals surface area contributed by atoms with Crippen molar-refractivity contribution in [2.45, 2.75) is 66.6 Å². The van der Waals surface area contributed by atoms with Gasteiger partial charge in [-0.3, -0.25) is 9.55 Å². The molecule has 278 valence electrons. The lowest BCUT2D eigenvalue weighted by Gasteiger charge is -2.22. The summed E-state index contributed by atoms with van der Waals surface area (Å²) >= 11 is 0. The number of hydrogen-bond donors (Lipinski definition) is 1. The first-order chi connectivity index (χ1) is 28.3. The van der Waals surface area contributed by atoms with Crippen LogP contribution in [0.3, 0.4) is 0 Å². The van der Waals surface area contributed by atoms with Crippen LogP contribution in [0.4, 0.5) is 0 Å². The quantitative estimate of drug-likeness (QED) is 0.177. The smallest absolute Gasteiger partial charge is 0.149 e. The van der Waals surface area contributed by atoms with Crippen LogP contribution in [-0.2, 0) is 5.41 Å². The summed E-state index contributed by atoms with van der Waals surface area (Å²) < 4.78 is 34.7. The molecule has 4 heteroatoms. The first kappa shape index (κ1) is 32.0. The monoisotopic (exact) mass is 735 g/mol. The first-order valence-electron chi connectivity index (χ1n) is 21.1. The number of phenolic OH excluding ortho intramolecular Hbond substituents is 1. The van der Waals surface area contributed by atoms with Crippen molar-refractivity contribution in [1.82, 2.24) is 14.5 Å². The van der Waals surface area contributed by atoms with E-state index in [1.807, 2.05) is 76.2 Å². The summed E-state index contributed by atoms with van der Waals surface area (Å²) in [5.74, 6) is -0.110. The number of phenols is 1. The molecule has 0 atom stereocenters. The Hall–Kier alpha value is -6.26. The first-order valence-corrected chi connectivity index (χ1v) is 19.1. The van der Waals surface area contributed by atoms with Gasteiger partial charge in [0.15, 0.2) is 0 Å². The zero-order valence-electron chi connectivity index (χ0n) is 37.1. The lowest BCUT2D eigenvalue weighted by Crippen LogP contribution is -2.11. The standard InChI is InChI=1S/C52H49N3O/c1-32(2)39-25-40(36-13-10-9-11-14-36)30-44(29-39)55-48-16-12-15-45(49(48)54-51(55)46-24-34(4)23-35(5)50(46)56)41-26-42(28-43(27-41)52(6,7)8)47-31-38(21-22-53-47)37-19-17-33(3)18-20-37/h9-32,56H,1-8H3/i3D3,32D. The van der Waals surface area contributed by atoms with E-state index in [0.29, 0.717) is 17.0 Å². The van der Waals surface area contributed by atoms with E-state index in [1.165, 1.54) is 0 Å². The summed E-state index contributed by atoms with van der Waals surface area (Å²) in [6, 6.07) is 44.4. The molecule has 1 N–H and O–H groups in total. The fourth-order valence-electron chi connectivity index (χ4n) is 7.53. The Labute approximate surface area is 336 Å². The van der Waals surface area contributed by atoms with Crippen LogP contribution in [0.25, 0.3) is 72.7 Å². The van der Waals surface area contributed by atoms with Gasteiger partial charge in [0.2, 0.25) is 0 Å². The maximum Gasteiger partial charge on any atom is 0.149 e. The van der Waals surface area contributed by atoms with E-state index in [-0.39, 0.29) is 11.2 Å². The van der Waals surface area contributed by atoms with Gasteiger partial charge in [-0.05, 0) is 131 Å². The summed E-state index contributed by atoms with van der Waals surface area (Å²) in [7, 11) is 0. The van der Waals surface area contributed by atoms with Gasteiger partial charge in [-0.1, -0.05) is 125 Å². The SMILES string of the molecule is [2H]C([2H])([2H])c1ccc(-c2ccnc(-c3cc(-c4cccc5c4nc(-c4cc(C)cc(C)c4O)n5-c4cc(-c5ccccc5)cc(C([2H])(C)C)c4)cc(C(C)(C)C)c3)c2)cc1. The van der Waals surface area contributed by atoms with E-state index in [4.69, 9.17) is 15.5 Å². The Balaban J connectivity index is 1.37. The number of pyridine rings is 1. The Bertz CT molecular complexity index is 2900. The molecular weight excluding hydrogens is 683 g/mol. The maximum absolute atomic E-state index is 11.7. The molecule has 0 unspecified atom stereocenters. The molecule has 0 saturated heterocycles. The third kappa shape index (κ3) is 7.04. The highest BCUT2D eigenvalue weighted by Crippen LogP contribution is 2.42. The number of fused-ring (bicyclic) bond motifs is 1. The average molecular weight is 736 g/mol. The van der Waals surface area contributed by atoms with Gasteiger partial charge >= 0.3 is 0 Å². The van der Waals surface area contributed by atoms with Crippen LogP contribution in [0.5, 0.6) is 5.75 Å². The Morgan fingerprint density at radius 2 is 1.41 bits per heavy atom. The van der Waals surface area contributed by atoms with Crippen LogP contribution >= 0.6 is 0 Å². The lowest BCUT2D eigenvalue weighted by atomic mass is 9.83. The number of aromatic hydroxyl groups is 1. The van der Waals surface area contributed by atoms with Crippen molar-refractivity contribution < 1.29 is 10.6 Å². The second kappa shape index (κ2) is 14.4. The minimum atomic E-state index is -2.17. The van der Waals surface area contributed by atoms with E-state index < -0.39 is 12.7 Å². The molecule has 2 heterocycles. The molecule has 0 spiro atoms. The highest BCUT2D eigenvalue weighted by molar-refractivity contribution is 5.97. The fourth-order valence-corrected chi connectivity index (χ4v) is 7.53. The summed E-state index contributed by atoms with van der Waals surface area (Å²) in [6.45, 7) is 12.2. The predicted octanol–water partition coefficient (Wildman–Crippen LogP) is 13.8. The molecule has 0 aliphatic carbocycles. The highest BCUT2D eigenvalue weighted by atomic mass is 16.3. The molecule has 0 bridgehead atoms. The second-order valence-corrected chi connectivity index (χ2v) is 16.1. The Morgan fingerprint density at radius 1 is 0.661 bits per heavy atom. The third-order valence-electron chi connectivity index (χ3n) is 10.6. The number of benzene rings is 6. The van der Waals surface area contributed by atoms with E-state index in [2.05, 4.69) is 98.1 Å². The molecule has 0 amide bonds. The van der Waals surface area contributed by atoms with Crippen LogP contribution in [0, 0.1) is 20.7 Å². The lowest BCUT2D eigenvalue weighted by molar-refractivity contribution is 0.472. The van der Waals surface area contributed by atoms with Gasteiger partial charge in [0.1, 0.15) is 11.6 Å². The number of imidazole rings is 1. The van der Waals surface area contributed by atoms with Gasteiger partial charge in [-0.25, -0.2) is 4.98 Å². The molecule has 56 heavy (non-hydrogen) atoms. The number of hydrogen-bond acceptors (Lipinski definition) is 3. The zero-order valence-corrected chi connectivity index (χ0v) is 33.1. The van der Waals surface area contributed by atoms with Crippen molar-refractivity contribution in [3.05, 3.63) is 167 Å². The topological polar surface area (TPSA) is 50.9 Å². The van der Waals surface area contributed by atoms with Crippen molar-refractivity contribution in [3.63, 3.8) is 0 Å². The van der Waals surface area contributed by atoms with Crippen molar-refractivity contribution in [2.24, 2.45) is 0 Å². The number of nitrogens with zero attached hydrogens (tertiary/aromatic N) is 3. The molecule has 0 saturated carbocycles.